The van der Waals surface area contributed by atoms with E-state index in [0.29, 0.717) is 17.1 Å². The first-order chi connectivity index (χ1) is 7.19. The minimum absolute atomic E-state index is 0.484. The Labute approximate surface area is 87.1 Å². The van der Waals surface area contributed by atoms with Gasteiger partial charge in [-0.2, -0.15) is 0 Å². The van der Waals surface area contributed by atoms with Crippen LogP contribution in [0.1, 0.15) is 5.56 Å². The maximum atomic E-state index is 10.2. The van der Waals surface area contributed by atoms with Gasteiger partial charge in [0.15, 0.2) is 11.5 Å². The molecule has 0 bridgehead atoms. The van der Waals surface area contributed by atoms with E-state index in [1.54, 1.807) is 18.2 Å². The fourth-order valence-electron chi connectivity index (χ4n) is 1.18. The Morgan fingerprint density at radius 1 is 1.33 bits per heavy atom. The Morgan fingerprint density at radius 3 is 2.60 bits per heavy atom. The van der Waals surface area contributed by atoms with E-state index in [-0.39, 0.29) is 0 Å². The number of nitrogens with zero attached hydrogens (tertiary/aromatic N) is 1. The third-order valence-corrected chi connectivity index (χ3v) is 1.81. The molecular weight excluding hydrogens is 198 g/mol. The number of ether oxygens (including phenoxy) is 2. The molecule has 0 N–H and O–H groups in total. The molecule has 1 rings (SSSR count). The summed E-state index contributed by atoms with van der Waals surface area (Å²) in [6, 6.07) is 5.17. The molecule has 0 heterocycles. The highest BCUT2D eigenvalue weighted by Crippen LogP contribution is 2.31. The summed E-state index contributed by atoms with van der Waals surface area (Å²) in [5.41, 5.74) is 0.605. The summed E-state index contributed by atoms with van der Waals surface area (Å²) < 4.78 is 10.2. The zero-order valence-corrected chi connectivity index (χ0v) is 8.47. The van der Waals surface area contributed by atoms with E-state index in [4.69, 9.17) is 9.47 Å². The fourth-order valence-corrected chi connectivity index (χ4v) is 1.18. The minimum Gasteiger partial charge on any atom is -0.493 e. The van der Waals surface area contributed by atoms with Gasteiger partial charge in [-0.25, -0.2) is 0 Å². The van der Waals surface area contributed by atoms with E-state index in [9.17, 15) is 10.1 Å². The van der Waals surface area contributed by atoms with Gasteiger partial charge in [0.25, 0.3) is 0 Å². The first-order valence-electron chi connectivity index (χ1n) is 4.21. The smallest absolute Gasteiger partial charge is 0.235 e. The van der Waals surface area contributed by atoms with Crippen molar-refractivity contribution >= 4 is 6.08 Å². The van der Waals surface area contributed by atoms with Gasteiger partial charge in [-0.1, -0.05) is 12.1 Å². The molecule has 0 atom stereocenters. The van der Waals surface area contributed by atoms with E-state index in [0.717, 1.165) is 6.20 Å². The van der Waals surface area contributed by atoms with Crippen LogP contribution in [0.4, 0.5) is 0 Å². The SMILES string of the molecule is COc1cccc(C=C[N+](=O)[O-])c1OC. The standard InChI is InChI=1S/C10H11NO4/c1-14-9-5-3-4-8(10(9)15-2)6-7-11(12)13/h3-7H,1-2H3. The number of methoxy groups -OCH3 is 2. The van der Waals surface area contributed by atoms with Crippen LogP contribution in [0, 0.1) is 10.1 Å². The number of hydrogen-bond acceptors (Lipinski definition) is 4. The number of nitro groups is 1. The molecule has 0 saturated heterocycles. The lowest BCUT2D eigenvalue weighted by Crippen LogP contribution is -1.93. The second-order valence-electron chi connectivity index (χ2n) is 2.68. The Bertz CT molecular complexity index is 387. The largest absolute Gasteiger partial charge is 0.493 e. The van der Waals surface area contributed by atoms with Gasteiger partial charge in [-0.3, -0.25) is 10.1 Å². The van der Waals surface area contributed by atoms with E-state index >= 15 is 0 Å². The summed E-state index contributed by atoms with van der Waals surface area (Å²) in [5.74, 6) is 1.03. The van der Waals surface area contributed by atoms with Crippen LogP contribution in [0.3, 0.4) is 0 Å². The Balaban J connectivity index is 3.11. The van der Waals surface area contributed by atoms with Crippen LogP contribution in [0.15, 0.2) is 24.4 Å². The molecule has 5 nitrogen and oxygen atoms in total. The van der Waals surface area contributed by atoms with Crippen LogP contribution >= 0.6 is 0 Å². The lowest BCUT2D eigenvalue weighted by atomic mass is 10.2. The van der Waals surface area contributed by atoms with E-state index < -0.39 is 4.92 Å². The summed E-state index contributed by atoms with van der Waals surface area (Å²) in [5, 5.41) is 10.2. The van der Waals surface area contributed by atoms with Gasteiger partial charge < -0.3 is 9.47 Å². The summed E-state index contributed by atoms with van der Waals surface area (Å²) >= 11 is 0. The van der Waals surface area contributed by atoms with Crippen LogP contribution in [-0.2, 0) is 0 Å². The molecule has 80 valence electrons. The first-order valence-corrected chi connectivity index (χ1v) is 4.21. The van der Waals surface area contributed by atoms with Crippen molar-refractivity contribution in [3.05, 3.63) is 40.1 Å². The van der Waals surface area contributed by atoms with E-state index in [1.807, 2.05) is 0 Å². The number of hydrogen-bond donors (Lipinski definition) is 0. The molecular formula is C10H11NO4. The Morgan fingerprint density at radius 2 is 2.07 bits per heavy atom. The molecule has 0 amide bonds. The van der Waals surface area contributed by atoms with Crippen LogP contribution in [0.2, 0.25) is 0 Å². The third-order valence-electron chi connectivity index (χ3n) is 1.81. The fraction of sp³-hybridized carbons (Fsp3) is 0.200. The van der Waals surface area contributed by atoms with Crippen LogP contribution in [0.5, 0.6) is 11.5 Å². The molecule has 5 heteroatoms. The lowest BCUT2D eigenvalue weighted by molar-refractivity contribution is -0.400. The maximum absolute atomic E-state index is 10.2. The molecule has 0 saturated carbocycles. The predicted molar refractivity (Wildman–Crippen MR) is 55.6 cm³/mol. The first kappa shape index (κ1) is 11.0. The van der Waals surface area contributed by atoms with Crippen molar-refractivity contribution in [1.29, 1.82) is 0 Å². The maximum Gasteiger partial charge on any atom is 0.235 e. The van der Waals surface area contributed by atoms with Crippen molar-refractivity contribution in [3.63, 3.8) is 0 Å². The lowest BCUT2D eigenvalue weighted by Gasteiger charge is -2.09. The molecule has 0 aliphatic rings. The normalized spacial score (nSPS) is 10.3. The van der Waals surface area contributed by atoms with Gasteiger partial charge in [0.05, 0.1) is 19.1 Å². The molecule has 0 fully saturated rings. The van der Waals surface area contributed by atoms with Crippen molar-refractivity contribution in [2.45, 2.75) is 0 Å². The van der Waals surface area contributed by atoms with Gasteiger partial charge in [0.2, 0.25) is 6.20 Å². The molecule has 1 aromatic rings. The van der Waals surface area contributed by atoms with Gasteiger partial charge in [-0.15, -0.1) is 0 Å². The molecule has 15 heavy (non-hydrogen) atoms. The molecule has 0 aromatic heterocycles. The van der Waals surface area contributed by atoms with Gasteiger partial charge in [0.1, 0.15) is 0 Å². The summed E-state index contributed by atoms with van der Waals surface area (Å²) in [6.07, 6.45) is 2.22. The quantitative estimate of drug-likeness (QED) is 0.561. The average Bonchev–Trinajstić information content (AvgIpc) is 2.25. The zero-order valence-electron chi connectivity index (χ0n) is 8.47. The van der Waals surface area contributed by atoms with E-state index in [2.05, 4.69) is 0 Å². The van der Waals surface area contributed by atoms with Gasteiger partial charge >= 0.3 is 0 Å². The van der Waals surface area contributed by atoms with Crippen molar-refractivity contribution in [3.8, 4) is 11.5 Å². The van der Waals surface area contributed by atoms with Crippen LogP contribution in [-0.4, -0.2) is 19.1 Å². The van der Waals surface area contributed by atoms with E-state index in [1.165, 1.54) is 20.3 Å². The highest BCUT2D eigenvalue weighted by atomic mass is 16.6. The molecule has 1 aromatic carbocycles. The average molecular weight is 209 g/mol. The highest BCUT2D eigenvalue weighted by molar-refractivity contribution is 5.61. The summed E-state index contributed by atoms with van der Waals surface area (Å²) in [4.78, 5) is 9.64. The van der Waals surface area contributed by atoms with Crippen molar-refractivity contribution in [2.24, 2.45) is 0 Å². The Kier molecular flexibility index (Phi) is 3.68. The van der Waals surface area contributed by atoms with Crippen molar-refractivity contribution in [1.82, 2.24) is 0 Å². The van der Waals surface area contributed by atoms with Crippen LogP contribution < -0.4 is 9.47 Å². The molecule has 0 unspecified atom stereocenters. The Hall–Kier alpha value is -2.04. The monoisotopic (exact) mass is 209 g/mol. The molecule has 0 aliphatic carbocycles. The van der Waals surface area contributed by atoms with Gasteiger partial charge in [-0.05, 0) is 6.07 Å². The zero-order chi connectivity index (χ0) is 11.3. The van der Waals surface area contributed by atoms with Crippen LogP contribution in [0.25, 0.3) is 6.08 Å². The molecule has 0 spiro atoms. The minimum atomic E-state index is -0.529. The molecule has 0 radical (unpaired) electrons. The second kappa shape index (κ2) is 4.99. The topological polar surface area (TPSA) is 61.6 Å². The number of benzene rings is 1. The highest BCUT2D eigenvalue weighted by Gasteiger charge is 2.07. The van der Waals surface area contributed by atoms with Crippen molar-refractivity contribution in [2.75, 3.05) is 14.2 Å². The molecule has 0 aliphatic heterocycles. The summed E-state index contributed by atoms with van der Waals surface area (Å²) in [6.45, 7) is 0. The predicted octanol–water partition coefficient (Wildman–Crippen LogP) is 1.95. The van der Waals surface area contributed by atoms with Gasteiger partial charge in [0, 0.05) is 11.6 Å². The number of rotatable bonds is 4. The van der Waals surface area contributed by atoms with Crippen molar-refractivity contribution < 1.29 is 14.4 Å². The summed E-state index contributed by atoms with van der Waals surface area (Å²) in [7, 11) is 3.00. The number of para-hydroxylation sites is 1. The second-order valence-corrected chi connectivity index (χ2v) is 2.68. The third kappa shape index (κ3) is 2.70.